The highest BCUT2D eigenvalue weighted by Gasteiger charge is 2.17. The largest absolute Gasteiger partial charge is 0.348 e. The van der Waals surface area contributed by atoms with E-state index in [1.807, 2.05) is 13.8 Å². The quantitative estimate of drug-likeness (QED) is 0.863. The third-order valence-electron chi connectivity index (χ3n) is 4.08. The molecule has 1 aromatic carbocycles. The molecule has 1 fully saturated rings. The normalized spacial score (nSPS) is 17.0. The van der Waals surface area contributed by atoms with Crippen LogP contribution in [0.2, 0.25) is 0 Å². The molecule has 2 N–H and O–H groups in total. The first kappa shape index (κ1) is 19.5. The van der Waals surface area contributed by atoms with Crippen LogP contribution in [0.3, 0.4) is 0 Å². The van der Waals surface area contributed by atoms with Gasteiger partial charge >= 0.3 is 0 Å². The van der Waals surface area contributed by atoms with Gasteiger partial charge in [0.2, 0.25) is 0 Å². The minimum Gasteiger partial charge on any atom is -0.348 e. The van der Waals surface area contributed by atoms with Crippen molar-refractivity contribution in [2.45, 2.75) is 32.7 Å². The lowest BCUT2D eigenvalue weighted by Gasteiger charge is -2.23. The number of hydrogen-bond acceptors (Lipinski definition) is 3. The van der Waals surface area contributed by atoms with E-state index in [0.717, 1.165) is 25.9 Å². The molecule has 0 aromatic heterocycles. The highest BCUT2D eigenvalue weighted by molar-refractivity contribution is 5.97. The summed E-state index contributed by atoms with van der Waals surface area (Å²) in [5.74, 6) is -0.0658. The molecule has 2 amide bonds. The van der Waals surface area contributed by atoms with Crippen molar-refractivity contribution in [3.05, 3.63) is 35.4 Å². The first-order chi connectivity index (χ1) is 10.7. The van der Waals surface area contributed by atoms with Crippen molar-refractivity contribution in [1.82, 2.24) is 15.5 Å². The zero-order chi connectivity index (χ0) is 15.9. The van der Waals surface area contributed by atoms with Gasteiger partial charge in [-0.3, -0.25) is 9.59 Å². The molecule has 5 nitrogen and oxygen atoms in total. The minimum atomic E-state index is -0.0736. The second-order valence-electron chi connectivity index (χ2n) is 5.57. The third-order valence-corrected chi connectivity index (χ3v) is 4.08. The van der Waals surface area contributed by atoms with Gasteiger partial charge in [-0.25, -0.2) is 0 Å². The lowest BCUT2D eigenvalue weighted by atomic mass is 10.1. The average Bonchev–Trinajstić information content (AvgIpc) is 2.57. The molecule has 0 bridgehead atoms. The van der Waals surface area contributed by atoms with Crippen LogP contribution >= 0.6 is 12.4 Å². The number of carbonyl (C=O) groups is 2. The maximum absolute atomic E-state index is 12.2. The first-order valence-corrected chi connectivity index (χ1v) is 8.06. The number of carbonyl (C=O) groups excluding carboxylic acids is 2. The predicted octanol–water partition coefficient (Wildman–Crippen LogP) is 2.07. The van der Waals surface area contributed by atoms with Crippen LogP contribution in [0.4, 0.5) is 0 Å². The monoisotopic (exact) mass is 339 g/mol. The smallest absolute Gasteiger partial charge is 0.253 e. The number of rotatable bonds is 5. The van der Waals surface area contributed by atoms with Crippen LogP contribution in [-0.2, 0) is 0 Å². The fraction of sp³-hybridized carbons (Fsp3) is 0.529. The number of hydrogen-bond donors (Lipinski definition) is 2. The Labute approximate surface area is 144 Å². The summed E-state index contributed by atoms with van der Waals surface area (Å²) in [6.07, 6.45) is 2.10. The molecule has 1 aliphatic heterocycles. The Kier molecular flexibility index (Phi) is 8.06. The summed E-state index contributed by atoms with van der Waals surface area (Å²) in [6.45, 7) is 7.14. The second-order valence-corrected chi connectivity index (χ2v) is 5.57. The van der Waals surface area contributed by atoms with Crippen molar-refractivity contribution in [3.8, 4) is 0 Å². The molecular formula is C17H26ClN3O2. The van der Waals surface area contributed by atoms with E-state index in [4.69, 9.17) is 0 Å². The van der Waals surface area contributed by atoms with Gasteiger partial charge in [-0.1, -0.05) is 0 Å². The van der Waals surface area contributed by atoms with Gasteiger partial charge in [-0.15, -0.1) is 12.4 Å². The van der Waals surface area contributed by atoms with Crippen LogP contribution in [0.25, 0.3) is 0 Å². The van der Waals surface area contributed by atoms with Crippen molar-refractivity contribution >= 4 is 24.2 Å². The van der Waals surface area contributed by atoms with Crippen molar-refractivity contribution in [1.29, 1.82) is 0 Å². The maximum atomic E-state index is 12.2. The number of halogens is 1. The van der Waals surface area contributed by atoms with Gasteiger partial charge in [0.1, 0.15) is 0 Å². The van der Waals surface area contributed by atoms with Crippen molar-refractivity contribution < 1.29 is 9.59 Å². The van der Waals surface area contributed by atoms with E-state index in [1.165, 1.54) is 0 Å². The molecule has 1 aromatic rings. The Morgan fingerprint density at radius 1 is 1.17 bits per heavy atom. The highest BCUT2D eigenvalue weighted by atomic mass is 35.5. The SMILES string of the molecule is CCN(CC)C(=O)c1ccc(C(=O)NC2CCCNC2)cc1.Cl. The lowest BCUT2D eigenvalue weighted by molar-refractivity contribution is 0.0772. The summed E-state index contributed by atoms with van der Waals surface area (Å²) in [6, 6.07) is 7.10. The fourth-order valence-corrected chi connectivity index (χ4v) is 2.70. The van der Waals surface area contributed by atoms with E-state index in [2.05, 4.69) is 10.6 Å². The summed E-state index contributed by atoms with van der Waals surface area (Å²) in [4.78, 5) is 26.2. The van der Waals surface area contributed by atoms with E-state index in [-0.39, 0.29) is 30.3 Å². The van der Waals surface area contributed by atoms with Crippen LogP contribution in [0, 0.1) is 0 Å². The molecule has 1 aliphatic rings. The van der Waals surface area contributed by atoms with E-state index < -0.39 is 0 Å². The third kappa shape index (κ3) is 5.22. The van der Waals surface area contributed by atoms with Crippen molar-refractivity contribution in [2.75, 3.05) is 26.2 Å². The zero-order valence-electron chi connectivity index (χ0n) is 13.8. The van der Waals surface area contributed by atoms with Gasteiger partial charge in [0.15, 0.2) is 0 Å². The van der Waals surface area contributed by atoms with Crippen LogP contribution in [0.5, 0.6) is 0 Å². The molecule has 128 valence electrons. The summed E-state index contributed by atoms with van der Waals surface area (Å²) < 4.78 is 0. The Morgan fingerprint density at radius 2 is 1.78 bits per heavy atom. The number of nitrogens with one attached hydrogen (secondary N) is 2. The summed E-state index contributed by atoms with van der Waals surface area (Å²) in [5, 5.41) is 6.31. The summed E-state index contributed by atoms with van der Waals surface area (Å²) in [7, 11) is 0. The second kappa shape index (κ2) is 9.53. The number of piperidine rings is 1. The molecule has 0 saturated carbocycles. The van der Waals surface area contributed by atoms with Crippen LogP contribution < -0.4 is 10.6 Å². The van der Waals surface area contributed by atoms with Gasteiger partial charge in [0, 0.05) is 36.8 Å². The van der Waals surface area contributed by atoms with Crippen LogP contribution in [-0.4, -0.2) is 48.9 Å². The van der Waals surface area contributed by atoms with Crippen molar-refractivity contribution in [2.24, 2.45) is 0 Å². The molecule has 23 heavy (non-hydrogen) atoms. The van der Waals surface area contributed by atoms with E-state index in [0.29, 0.717) is 24.2 Å². The molecule has 0 radical (unpaired) electrons. The van der Waals surface area contributed by atoms with Gasteiger partial charge in [-0.2, -0.15) is 0 Å². The molecule has 1 unspecified atom stereocenters. The lowest BCUT2D eigenvalue weighted by Crippen LogP contribution is -2.45. The topological polar surface area (TPSA) is 61.4 Å². The van der Waals surface area contributed by atoms with Gasteiger partial charge in [-0.05, 0) is 57.5 Å². The Bertz CT molecular complexity index is 509. The molecule has 0 aliphatic carbocycles. The predicted molar refractivity (Wildman–Crippen MR) is 94.3 cm³/mol. The number of nitrogens with zero attached hydrogens (tertiary/aromatic N) is 1. The van der Waals surface area contributed by atoms with Gasteiger partial charge in [0.25, 0.3) is 11.8 Å². The number of benzene rings is 1. The van der Waals surface area contributed by atoms with E-state index in [1.54, 1.807) is 29.2 Å². The Morgan fingerprint density at radius 3 is 2.30 bits per heavy atom. The Balaban J connectivity index is 0.00000264. The molecular weight excluding hydrogens is 314 g/mol. The first-order valence-electron chi connectivity index (χ1n) is 8.06. The van der Waals surface area contributed by atoms with E-state index in [9.17, 15) is 9.59 Å². The highest BCUT2D eigenvalue weighted by Crippen LogP contribution is 2.09. The van der Waals surface area contributed by atoms with E-state index >= 15 is 0 Å². The van der Waals surface area contributed by atoms with Crippen LogP contribution in [0.15, 0.2) is 24.3 Å². The van der Waals surface area contributed by atoms with Crippen molar-refractivity contribution in [3.63, 3.8) is 0 Å². The Hall–Kier alpha value is -1.59. The van der Waals surface area contributed by atoms with Gasteiger partial charge < -0.3 is 15.5 Å². The van der Waals surface area contributed by atoms with Crippen LogP contribution in [0.1, 0.15) is 47.4 Å². The maximum Gasteiger partial charge on any atom is 0.253 e. The standard InChI is InChI=1S/C17H25N3O2.ClH/c1-3-20(4-2)17(22)14-9-7-13(8-10-14)16(21)19-15-6-5-11-18-12-15;/h7-10,15,18H,3-6,11-12H2,1-2H3,(H,19,21);1H. The fourth-order valence-electron chi connectivity index (χ4n) is 2.70. The molecule has 2 rings (SSSR count). The molecule has 0 spiro atoms. The molecule has 1 saturated heterocycles. The minimum absolute atomic E-state index is 0. The summed E-state index contributed by atoms with van der Waals surface area (Å²) in [5.41, 5.74) is 1.22. The molecule has 1 atom stereocenters. The zero-order valence-corrected chi connectivity index (χ0v) is 14.6. The molecule has 1 heterocycles. The number of amides is 2. The summed E-state index contributed by atoms with van der Waals surface area (Å²) >= 11 is 0. The van der Waals surface area contributed by atoms with Gasteiger partial charge in [0.05, 0.1) is 0 Å². The average molecular weight is 340 g/mol. The molecule has 6 heteroatoms.